The van der Waals surface area contributed by atoms with E-state index in [1.54, 1.807) is 4.68 Å². The molecule has 0 aliphatic rings. The highest BCUT2D eigenvalue weighted by Crippen LogP contribution is 2.27. The summed E-state index contributed by atoms with van der Waals surface area (Å²) in [6.45, 7) is 5.60. The van der Waals surface area contributed by atoms with Gasteiger partial charge < -0.3 is 0 Å². The zero-order chi connectivity index (χ0) is 13.4. The van der Waals surface area contributed by atoms with Crippen LogP contribution in [0, 0.1) is 20.8 Å². The second-order valence-corrected chi connectivity index (χ2v) is 4.72. The third-order valence-electron chi connectivity index (χ3n) is 3.06. The SMILES string of the molecule is Cc1cc(Cl)c(C)nc1-c1nn(C)c(C)c1C=O. The summed E-state index contributed by atoms with van der Waals surface area (Å²) in [5.74, 6) is 0. The van der Waals surface area contributed by atoms with Crippen molar-refractivity contribution in [2.75, 3.05) is 0 Å². The lowest BCUT2D eigenvalue weighted by molar-refractivity contribution is 0.112. The van der Waals surface area contributed by atoms with Gasteiger partial charge in [0.15, 0.2) is 6.29 Å². The Morgan fingerprint density at radius 1 is 1.28 bits per heavy atom. The molecule has 0 fully saturated rings. The Hall–Kier alpha value is -1.68. The fourth-order valence-electron chi connectivity index (χ4n) is 1.85. The lowest BCUT2D eigenvalue weighted by Gasteiger charge is -2.06. The number of hydrogen-bond donors (Lipinski definition) is 0. The molecule has 0 aromatic carbocycles. The summed E-state index contributed by atoms with van der Waals surface area (Å²) in [6, 6.07) is 1.85. The topological polar surface area (TPSA) is 47.8 Å². The predicted molar refractivity (Wildman–Crippen MR) is 71.0 cm³/mol. The molecule has 0 amide bonds. The first-order chi connectivity index (χ1) is 8.45. The Morgan fingerprint density at radius 2 is 1.94 bits per heavy atom. The zero-order valence-corrected chi connectivity index (χ0v) is 11.5. The van der Waals surface area contributed by atoms with Gasteiger partial charge in [-0.15, -0.1) is 0 Å². The average molecular weight is 264 g/mol. The van der Waals surface area contributed by atoms with E-state index in [1.165, 1.54) is 0 Å². The second kappa shape index (κ2) is 4.53. The molecule has 2 aromatic rings. The number of aryl methyl sites for hydroxylation is 3. The summed E-state index contributed by atoms with van der Waals surface area (Å²) in [4.78, 5) is 15.6. The lowest BCUT2D eigenvalue weighted by atomic mass is 10.1. The molecule has 0 saturated heterocycles. The second-order valence-electron chi connectivity index (χ2n) is 4.31. The number of rotatable bonds is 2. The van der Waals surface area contributed by atoms with E-state index in [0.29, 0.717) is 22.0 Å². The fraction of sp³-hybridized carbons (Fsp3) is 0.308. The molecule has 0 atom stereocenters. The van der Waals surface area contributed by atoms with Gasteiger partial charge in [-0.05, 0) is 32.4 Å². The fourth-order valence-corrected chi connectivity index (χ4v) is 2.06. The Bertz CT molecular complexity index is 632. The standard InChI is InChI=1S/C13H14ClN3O/c1-7-5-11(14)8(2)15-12(7)13-10(6-18)9(3)17(4)16-13/h5-6H,1-4H3. The molecule has 5 heteroatoms. The predicted octanol–water partition coefficient (Wildman–Crippen LogP) is 2.87. The first kappa shape index (κ1) is 12.8. The van der Waals surface area contributed by atoms with Gasteiger partial charge in [0.05, 0.1) is 22.0 Å². The summed E-state index contributed by atoms with van der Waals surface area (Å²) in [7, 11) is 1.81. The largest absolute Gasteiger partial charge is 0.298 e. The van der Waals surface area contributed by atoms with Crippen LogP contribution in [-0.4, -0.2) is 21.1 Å². The van der Waals surface area contributed by atoms with Gasteiger partial charge in [-0.1, -0.05) is 11.6 Å². The molecule has 0 radical (unpaired) electrons. The molecule has 94 valence electrons. The highest BCUT2D eigenvalue weighted by Gasteiger charge is 2.17. The number of aldehydes is 1. The zero-order valence-electron chi connectivity index (χ0n) is 10.8. The van der Waals surface area contributed by atoms with E-state index in [4.69, 9.17) is 11.6 Å². The van der Waals surface area contributed by atoms with Crippen LogP contribution >= 0.6 is 11.6 Å². The molecular weight excluding hydrogens is 250 g/mol. The number of halogens is 1. The van der Waals surface area contributed by atoms with Crippen molar-refractivity contribution in [2.45, 2.75) is 20.8 Å². The molecule has 0 saturated carbocycles. The van der Waals surface area contributed by atoms with Crippen LogP contribution in [0.1, 0.15) is 27.3 Å². The smallest absolute Gasteiger partial charge is 0.154 e. The minimum absolute atomic E-state index is 0.579. The van der Waals surface area contributed by atoms with E-state index in [1.807, 2.05) is 33.9 Å². The van der Waals surface area contributed by atoms with Gasteiger partial charge in [-0.25, -0.2) is 4.98 Å². The molecule has 18 heavy (non-hydrogen) atoms. The van der Waals surface area contributed by atoms with Crippen LogP contribution < -0.4 is 0 Å². The molecule has 0 bridgehead atoms. The van der Waals surface area contributed by atoms with Gasteiger partial charge >= 0.3 is 0 Å². The lowest BCUT2D eigenvalue weighted by Crippen LogP contribution is -1.96. The van der Waals surface area contributed by atoms with E-state index in [2.05, 4.69) is 10.1 Å². The Morgan fingerprint density at radius 3 is 2.56 bits per heavy atom. The van der Waals surface area contributed by atoms with Crippen molar-refractivity contribution in [3.8, 4) is 11.4 Å². The maximum Gasteiger partial charge on any atom is 0.154 e. The molecule has 2 aromatic heterocycles. The summed E-state index contributed by atoms with van der Waals surface area (Å²) in [5, 5.41) is 4.98. The molecule has 2 rings (SSSR count). The molecular formula is C13H14ClN3O. The number of hydrogen-bond acceptors (Lipinski definition) is 3. The first-order valence-electron chi connectivity index (χ1n) is 5.58. The van der Waals surface area contributed by atoms with Crippen molar-refractivity contribution in [1.82, 2.24) is 14.8 Å². The number of carbonyl (C=O) groups excluding carboxylic acids is 1. The summed E-state index contributed by atoms with van der Waals surface area (Å²) >= 11 is 6.03. The van der Waals surface area contributed by atoms with Crippen LogP contribution in [0.4, 0.5) is 0 Å². The van der Waals surface area contributed by atoms with E-state index in [0.717, 1.165) is 23.2 Å². The van der Waals surface area contributed by atoms with Gasteiger partial charge in [0.1, 0.15) is 5.69 Å². The van der Waals surface area contributed by atoms with Gasteiger partial charge in [-0.2, -0.15) is 5.10 Å². The van der Waals surface area contributed by atoms with E-state index < -0.39 is 0 Å². The minimum Gasteiger partial charge on any atom is -0.298 e. The number of pyridine rings is 1. The van der Waals surface area contributed by atoms with Crippen LogP contribution in [0.5, 0.6) is 0 Å². The summed E-state index contributed by atoms with van der Waals surface area (Å²) in [6.07, 6.45) is 0.822. The van der Waals surface area contributed by atoms with Crippen LogP contribution in [0.15, 0.2) is 6.07 Å². The Balaban J connectivity index is 2.73. The molecule has 0 unspecified atom stereocenters. The summed E-state index contributed by atoms with van der Waals surface area (Å²) in [5.41, 5.74) is 4.37. The molecule has 0 aliphatic heterocycles. The number of aromatic nitrogens is 3. The van der Waals surface area contributed by atoms with Gasteiger partial charge in [0, 0.05) is 12.7 Å². The number of nitrogens with zero attached hydrogens (tertiary/aromatic N) is 3. The van der Waals surface area contributed by atoms with Crippen molar-refractivity contribution in [1.29, 1.82) is 0 Å². The third kappa shape index (κ3) is 1.93. The molecule has 0 aliphatic carbocycles. The molecule has 0 spiro atoms. The highest BCUT2D eigenvalue weighted by molar-refractivity contribution is 6.31. The van der Waals surface area contributed by atoms with Crippen molar-refractivity contribution >= 4 is 17.9 Å². The van der Waals surface area contributed by atoms with E-state index >= 15 is 0 Å². The van der Waals surface area contributed by atoms with Crippen molar-refractivity contribution in [3.05, 3.63) is 33.6 Å². The molecule has 0 N–H and O–H groups in total. The number of carbonyl (C=O) groups is 1. The third-order valence-corrected chi connectivity index (χ3v) is 3.45. The van der Waals surface area contributed by atoms with Crippen LogP contribution in [0.25, 0.3) is 11.4 Å². The van der Waals surface area contributed by atoms with Crippen molar-refractivity contribution in [3.63, 3.8) is 0 Å². The quantitative estimate of drug-likeness (QED) is 0.783. The molecule has 2 heterocycles. The van der Waals surface area contributed by atoms with Crippen molar-refractivity contribution in [2.24, 2.45) is 7.05 Å². The molecule has 4 nitrogen and oxygen atoms in total. The van der Waals surface area contributed by atoms with Crippen LogP contribution in [-0.2, 0) is 7.05 Å². The normalized spacial score (nSPS) is 10.7. The van der Waals surface area contributed by atoms with E-state index in [9.17, 15) is 4.79 Å². The van der Waals surface area contributed by atoms with E-state index in [-0.39, 0.29) is 0 Å². The average Bonchev–Trinajstić information content (AvgIpc) is 2.60. The Labute approximate surface area is 111 Å². The maximum absolute atomic E-state index is 11.2. The summed E-state index contributed by atoms with van der Waals surface area (Å²) < 4.78 is 1.68. The Kier molecular flexibility index (Phi) is 3.22. The minimum atomic E-state index is 0.579. The van der Waals surface area contributed by atoms with Gasteiger partial charge in [-0.3, -0.25) is 9.48 Å². The van der Waals surface area contributed by atoms with Crippen molar-refractivity contribution < 1.29 is 4.79 Å². The van der Waals surface area contributed by atoms with Gasteiger partial charge in [0.25, 0.3) is 0 Å². The maximum atomic E-state index is 11.2. The first-order valence-corrected chi connectivity index (χ1v) is 5.96. The van der Waals surface area contributed by atoms with Gasteiger partial charge in [0.2, 0.25) is 0 Å². The monoisotopic (exact) mass is 263 g/mol. The highest BCUT2D eigenvalue weighted by atomic mass is 35.5. The van der Waals surface area contributed by atoms with Crippen LogP contribution in [0.2, 0.25) is 5.02 Å². The van der Waals surface area contributed by atoms with Crippen LogP contribution in [0.3, 0.4) is 0 Å².